The topological polar surface area (TPSA) is 42.0 Å². The minimum atomic E-state index is 0.0161. The van der Waals surface area contributed by atoms with Gasteiger partial charge < -0.3 is 5.32 Å². The first kappa shape index (κ1) is 18.7. The molecule has 1 heterocycles. The quantitative estimate of drug-likeness (QED) is 0.629. The SMILES string of the molecule is Cc1ccc(-c2cc(C(=O)N[C@H]3CCCC[C@@H]3C)c3ccccc3n2)cc1C. The van der Waals surface area contributed by atoms with E-state index in [9.17, 15) is 4.79 Å². The molecule has 3 nitrogen and oxygen atoms in total. The van der Waals surface area contributed by atoms with Crippen molar-refractivity contribution >= 4 is 16.8 Å². The standard InChI is InChI=1S/C25H28N2O/c1-16-12-13-19(14-18(16)3)24-15-21(20-9-5-7-11-23(20)26-24)25(28)27-22-10-6-4-8-17(22)2/h5,7,9,11-15,17,22H,4,6,8,10H2,1-3H3,(H,27,28)/t17-,22-/m0/s1. The lowest BCUT2D eigenvalue weighted by Crippen LogP contribution is -2.41. The Kier molecular flexibility index (Phi) is 5.17. The third-order valence-electron chi connectivity index (χ3n) is 6.19. The monoisotopic (exact) mass is 372 g/mol. The van der Waals surface area contributed by atoms with Crippen LogP contribution in [0.15, 0.2) is 48.5 Å². The van der Waals surface area contributed by atoms with Crippen molar-refractivity contribution in [2.45, 2.75) is 52.5 Å². The first-order chi connectivity index (χ1) is 13.5. The van der Waals surface area contributed by atoms with Gasteiger partial charge >= 0.3 is 0 Å². The number of nitrogens with zero attached hydrogens (tertiary/aromatic N) is 1. The number of hydrogen-bond acceptors (Lipinski definition) is 2. The van der Waals surface area contributed by atoms with Gasteiger partial charge in [0.1, 0.15) is 0 Å². The van der Waals surface area contributed by atoms with E-state index in [4.69, 9.17) is 4.98 Å². The van der Waals surface area contributed by atoms with Crippen molar-refractivity contribution in [2.24, 2.45) is 5.92 Å². The minimum absolute atomic E-state index is 0.0161. The highest BCUT2D eigenvalue weighted by atomic mass is 16.1. The van der Waals surface area contributed by atoms with Gasteiger partial charge in [0.2, 0.25) is 0 Å². The van der Waals surface area contributed by atoms with Crippen LogP contribution in [0.1, 0.15) is 54.1 Å². The summed E-state index contributed by atoms with van der Waals surface area (Å²) in [7, 11) is 0. The zero-order valence-corrected chi connectivity index (χ0v) is 17.0. The van der Waals surface area contributed by atoms with E-state index in [1.54, 1.807) is 0 Å². The fourth-order valence-electron chi connectivity index (χ4n) is 4.19. The summed E-state index contributed by atoms with van der Waals surface area (Å²) in [5, 5.41) is 4.22. The molecular formula is C25H28N2O. The average molecular weight is 373 g/mol. The van der Waals surface area contributed by atoms with Gasteiger partial charge in [0.05, 0.1) is 16.8 Å². The normalized spacial score (nSPS) is 19.5. The zero-order valence-electron chi connectivity index (χ0n) is 17.0. The molecule has 3 aromatic rings. The van der Waals surface area contributed by atoms with Gasteiger partial charge in [-0.3, -0.25) is 4.79 Å². The van der Waals surface area contributed by atoms with Crippen LogP contribution in [0, 0.1) is 19.8 Å². The number of pyridine rings is 1. The van der Waals surface area contributed by atoms with E-state index in [0.717, 1.165) is 34.1 Å². The second-order valence-corrected chi connectivity index (χ2v) is 8.21. The fraction of sp³-hybridized carbons (Fsp3) is 0.360. The van der Waals surface area contributed by atoms with E-state index in [1.807, 2.05) is 30.3 Å². The molecule has 4 rings (SSSR count). The van der Waals surface area contributed by atoms with Crippen molar-refractivity contribution in [3.05, 3.63) is 65.2 Å². The molecule has 1 fully saturated rings. The van der Waals surface area contributed by atoms with E-state index in [2.05, 4.69) is 44.3 Å². The van der Waals surface area contributed by atoms with Gasteiger partial charge in [-0.15, -0.1) is 0 Å². The highest BCUT2D eigenvalue weighted by Crippen LogP contribution is 2.28. The molecule has 0 saturated heterocycles. The summed E-state index contributed by atoms with van der Waals surface area (Å²) in [6, 6.07) is 16.5. The van der Waals surface area contributed by atoms with Gasteiger partial charge in [0, 0.05) is 17.0 Å². The molecule has 1 aromatic heterocycles. The predicted molar refractivity (Wildman–Crippen MR) is 116 cm³/mol. The van der Waals surface area contributed by atoms with Crippen molar-refractivity contribution in [3.8, 4) is 11.3 Å². The lowest BCUT2D eigenvalue weighted by Gasteiger charge is -2.29. The largest absolute Gasteiger partial charge is 0.349 e. The van der Waals surface area contributed by atoms with Crippen LogP contribution >= 0.6 is 0 Å². The Balaban J connectivity index is 1.75. The summed E-state index contributed by atoms with van der Waals surface area (Å²) >= 11 is 0. The Bertz CT molecular complexity index is 1020. The maximum Gasteiger partial charge on any atom is 0.252 e. The highest BCUT2D eigenvalue weighted by Gasteiger charge is 2.24. The Morgan fingerprint density at radius 1 is 1.00 bits per heavy atom. The van der Waals surface area contributed by atoms with Crippen LogP contribution in [0.2, 0.25) is 0 Å². The molecule has 144 valence electrons. The summed E-state index contributed by atoms with van der Waals surface area (Å²) in [6.07, 6.45) is 4.72. The van der Waals surface area contributed by atoms with Crippen LogP contribution in [0.5, 0.6) is 0 Å². The van der Waals surface area contributed by atoms with Crippen LogP contribution < -0.4 is 5.32 Å². The fourth-order valence-corrected chi connectivity index (χ4v) is 4.19. The van der Waals surface area contributed by atoms with E-state index in [1.165, 1.54) is 30.4 Å². The number of aromatic nitrogens is 1. The lowest BCUT2D eigenvalue weighted by molar-refractivity contribution is 0.0912. The summed E-state index contributed by atoms with van der Waals surface area (Å²) in [6.45, 7) is 6.46. The third-order valence-corrected chi connectivity index (χ3v) is 6.19. The summed E-state index contributed by atoms with van der Waals surface area (Å²) in [5.74, 6) is 0.549. The number of para-hydroxylation sites is 1. The first-order valence-corrected chi connectivity index (χ1v) is 10.3. The lowest BCUT2D eigenvalue weighted by atomic mass is 9.85. The number of amides is 1. The number of nitrogens with one attached hydrogen (secondary N) is 1. The van der Waals surface area contributed by atoms with Crippen molar-refractivity contribution in [1.29, 1.82) is 0 Å². The number of carbonyl (C=O) groups excluding carboxylic acids is 1. The van der Waals surface area contributed by atoms with E-state index < -0.39 is 0 Å². The second-order valence-electron chi connectivity index (χ2n) is 8.21. The van der Waals surface area contributed by atoms with Gasteiger partial charge in [-0.2, -0.15) is 0 Å². The summed E-state index contributed by atoms with van der Waals surface area (Å²) < 4.78 is 0. The Morgan fingerprint density at radius 3 is 2.57 bits per heavy atom. The molecule has 1 aliphatic carbocycles. The maximum atomic E-state index is 13.2. The molecule has 0 bridgehead atoms. The molecule has 2 aromatic carbocycles. The molecule has 2 atom stereocenters. The van der Waals surface area contributed by atoms with E-state index in [-0.39, 0.29) is 11.9 Å². The zero-order chi connectivity index (χ0) is 19.7. The minimum Gasteiger partial charge on any atom is -0.349 e. The number of carbonyl (C=O) groups is 1. The number of hydrogen-bond donors (Lipinski definition) is 1. The Hall–Kier alpha value is -2.68. The number of fused-ring (bicyclic) bond motifs is 1. The van der Waals surface area contributed by atoms with Gasteiger partial charge in [0.15, 0.2) is 0 Å². The summed E-state index contributed by atoms with van der Waals surface area (Å²) in [4.78, 5) is 18.1. The van der Waals surface area contributed by atoms with E-state index in [0.29, 0.717) is 5.92 Å². The third kappa shape index (κ3) is 3.66. The molecule has 1 saturated carbocycles. The molecule has 0 radical (unpaired) electrons. The van der Waals surface area contributed by atoms with Crippen LogP contribution in [0.3, 0.4) is 0 Å². The number of rotatable bonds is 3. The molecule has 28 heavy (non-hydrogen) atoms. The summed E-state index contributed by atoms with van der Waals surface area (Å²) in [5.41, 5.74) is 5.97. The average Bonchev–Trinajstić information content (AvgIpc) is 2.71. The van der Waals surface area contributed by atoms with Crippen LogP contribution in [-0.4, -0.2) is 16.9 Å². The molecule has 0 unspecified atom stereocenters. The molecule has 0 aliphatic heterocycles. The maximum absolute atomic E-state index is 13.2. The molecule has 0 spiro atoms. The van der Waals surface area contributed by atoms with Crippen LogP contribution in [-0.2, 0) is 0 Å². The first-order valence-electron chi connectivity index (χ1n) is 10.3. The smallest absolute Gasteiger partial charge is 0.252 e. The van der Waals surface area contributed by atoms with Crippen molar-refractivity contribution < 1.29 is 4.79 Å². The Labute approximate surface area is 167 Å². The molecular weight excluding hydrogens is 344 g/mol. The number of aryl methyl sites for hydroxylation is 2. The molecule has 1 amide bonds. The van der Waals surface area contributed by atoms with Crippen LogP contribution in [0.25, 0.3) is 22.2 Å². The molecule has 1 N–H and O–H groups in total. The van der Waals surface area contributed by atoms with Crippen molar-refractivity contribution in [2.75, 3.05) is 0 Å². The van der Waals surface area contributed by atoms with E-state index >= 15 is 0 Å². The van der Waals surface area contributed by atoms with Gasteiger partial charge in [-0.05, 0) is 61.9 Å². The number of benzene rings is 2. The van der Waals surface area contributed by atoms with Gasteiger partial charge in [-0.25, -0.2) is 4.98 Å². The molecule has 1 aliphatic rings. The van der Waals surface area contributed by atoms with Crippen LogP contribution in [0.4, 0.5) is 0 Å². The predicted octanol–water partition coefficient (Wildman–Crippen LogP) is 5.83. The van der Waals surface area contributed by atoms with Crippen molar-refractivity contribution in [3.63, 3.8) is 0 Å². The Morgan fingerprint density at radius 2 is 1.79 bits per heavy atom. The highest BCUT2D eigenvalue weighted by molar-refractivity contribution is 6.07. The van der Waals surface area contributed by atoms with Gasteiger partial charge in [-0.1, -0.05) is 50.1 Å². The van der Waals surface area contributed by atoms with Gasteiger partial charge in [0.25, 0.3) is 5.91 Å². The molecule has 3 heteroatoms. The second kappa shape index (κ2) is 7.75. The van der Waals surface area contributed by atoms with Crippen molar-refractivity contribution in [1.82, 2.24) is 10.3 Å².